The smallest absolute Gasteiger partial charge is 0.166 e. The average Bonchev–Trinajstić information content (AvgIpc) is 3.37. The zero-order valence-electron chi connectivity index (χ0n) is 33.9. The number of pyridine rings is 3. The topological polar surface area (TPSA) is 116 Å². The summed E-state index contributed by atoms with van der Waals surface area (Å²) >= 11 is 0. The molecule has 0 aliphatic carbocycles. The molecule has 8 aromatic carbocycles. The van der Waals surface area contributed by atoms with Gasteiger partial charge in [-0.1, -0.05) is 121 Å². The fraction of sp³-hybridized carbons (Fsp3) is 0. The Morgan fingerprint density at radius 2 is 0.781 bits per heavy atom. The molecule has 64 heavy (non-hydrogen) atoms. The lowest BCUT2D eigenvalue weighted by Crippen LogP contribution is -2.02. The molecule has 0 fully saturated rings. The first kappa shape index (κ1) is 35.8. The Kier molecular flexibility index (Phi) is 8.01. The van der Waals surface area contributed by atoms with Crippen LogP contribution in [0.15, 0.2) is 188 Å². The highest BCUT2D eigenvalue weighted by molar-refractivity contribution is 6.27. The molecule has 0 atom stereocenters. The Balaban J connectivity index is 1.03. The van der Waals surface area contributed by atoms with Crippen LogP contribution in [0.5, 0.6) is 0 Å². The van der Waals surface area contributed by atoms with Crippen LogP contribution in [0.2, 0.25) is 0 Å². The molecule has 5 aromatic heterocycles. The molecule has 13 aromatic rings. The number of rotatable bonds is 6. The van der Waals surface area contributed by atoms with E-state index in [9.17, 15) is 0 Å². The van der Waals surface area contributed by atoms with Gasteiger partial charge in [0, 0.05) is 57.4 Å². The molecule has 0 radical (unpaired) electrons. The minimum Gasteiger partial charge on any atom is -0.256 e. The maximum Gasteiger partial charge on any atom is 0.166 e. The Labute approximate surface area is 365 Å². The summed E-state index contributed by atoms with van der Waals surface area (Å²) in [5.74, 6) is 3.46. The molecule has 0 bridgehead atoms. The molecule has 0 N–H and O–H groups in total. The van der Waals surface area contributed by atoms with E-state index in [-0.39, 0.29) is 0 Å². The van der Waals surface area contributed by atoms with Gasteiger partial charge < -0.3 is 0 Å². The number of hydrogen-bond acceptors (Lipinski definition) is 9. The minimum absolute atomic E-state index is 0.527. The fourth-order valence-electron chi connectivity index (χ4n) is 9.06. The highest BCUT2D eigenvalue weighted by atomic mass is 15.0. The molecule has 0 unspecified atom stereocenters. The van der Waals surface area contributed by atoms with Crippen LogP contribution >= 0.6 is 0 Å². The number of hydrogen-bond donors (Lipinski definition) is 0. The lowest BCUT2D eigenvalue weighted by atomic mass is 9.89. The van der Waals surface area contributed by atoms with E-state index in [1.807, 2.05) is 91.1 Å². The largest absolute Gasteiger partial charge is 0.256 e. The van der Waals surface area contributed by atoms with Crippen LogP contribution in [0.1, 0.15) is 0 Å². The molecule has 0 aliphatic rings. The van der Waals surface area contributed by atoms with Crippen molar-refractivity contribution in [1.82, 2.24) is 44.9 Å². The molecule has 0 aliphatic heterocycles. The summed E-state index contributed by atoms with van der Waals surface area (Å²) in [5, 5.41) is 9.68. The highest BCUT2D eigenvalue weighted by Crippen LogP contribution is 2.43. The van der Waals surface area contributed by atoms with E-state index in [2.05, 4.69) is 94.9 Å². The molecule has 0 spiro atoms. The summed E-state index contributed by atoms with van der Waals surface area (Å²) in [5.41, 5.74) is 7.76. The average molecular weight is 818 g/mol. The lowest BCUT2D eigenvalue weighted by Gasteiger charge is -2.17. The second kappa shape index (κ2) is 14.3. The van der Waals surface area contributed by atoms with Gasteiger partial charge >= 0.3 is 0 Å². The molecule has 296 valence electrons. The van der Waals surface area contributed by atoms with Crippen LogP contribution in [0.4, 0.5) is 0 Å². The summed E-state index contributed by atoms with van der Waals surface area (Å²) in [7, 11) is 0. The fourth-order valence-corrected chi connectivity index (χ4v) is 9.06. The Bertz CT molecular complexity index is 3960. The molecule has 9 heteroatoms. The standard InChI is InChI=1S/C55H31N9/c1-3-10-34(11-4-1)50-59-52(40-16-7-14-36-31-46-37(30-44(36)40)15-8-27-56-46)63-53(60-50)41-24-20-32-19-23-39-42(25-21-33-18-22-38(41)47(32)48(33)39)54-61-51(35-12-5-2-6-13-35)62-55(64-54)43-26-29-57-45-17-9-28-58-49(43)45/h1-31H. The van der Waals surface area contributed by atoms with Gasteiger partial charge in [0.1, 0.15) is 0 Å². The van der Waals surface area contributed by atoms with Gasteiger partial charge in [-0.25, -0.2) is 29.9 Å². The zero-order chi connectivity index (χ0) is 42.1. The van der Waals surface area contributed by atoms with Crippen LogP contribution in [-0.2, 0) is 0 Å². The molecular weight excluding hydrogens is 787 g/mol. The summed E-state index contributed by atoms with van der Waals surface area (Å²) in [4.78, 5) is 44.9. The van der Waals surface area contributed by atoms with Gasteiger partial charge in [0.2, 0.25) is 0 Å². The highest BCUT2D eigenvalue weighted by Gasteiger charge is 2.21. The van der Waals surface area contributed by atoms with Gasteiger partial charge in [0.05, 0.1) is 16.6 Å². The van der Waals surface area contributed by atoms with E-state index in [0.29, 0.717) is 34.9 Å². The second-order valence-corrected chi connectivity index (χ2v) is 15.8. The van der Waals surface area contributed by atoms with Crippen LogP contribution in [0, 0.1) is 0 Å². The molecular formula is C55H31N9. The first-order chi connectivity index (χ1) is 31.7. The molecule has 0 saturated heterocycles. The predicted molar refractivity (Wildman–Crippen MR) is 255 cm³/mol. The summed E-state index contributed by atoms with van der Waals surface area (Å²) in [6.07, 6.45) is 5.37. The van der Waals surface area contributed by atoms with Crippen molar-refractivity contribution in [3.8, 4) is 68.3 Å². The van der Waals surface area contributed by atoms with Gasteiger partial charge in [-0.05, 0) is 91.6 Å². The lowest BCUT2D eigenvalue weighted by molar-refractivity contribution is 1.08. The van der Waals surface area contributed by atoms with Crippen LogP contribution in [0.25, 0.3) is 133 Å². The van der Waals surface area contributed by atoms with Crippen LogP contribution < -0.4 is 0 Å². The summed E-state index contributed by atoms with van der Waals surface area (Å²) in [6, 6.07) is 57.8. The molecule has 0 saturated carbocycles. The predicted octanol–water partition coefficient (Wildman–Crippen LogP) is 12.6. The summed E-state index contributed by atoms with van der Waals surface area (Å²) < 4.78 is 0. The maximum absolute atomic E-state index is 5.30. The van der Waals surface area contributed by atoms with Crippen molar-refractivity contribution in [2.45, 2.75) is 0 Å². The minimum atomic E-state index is 0.527. The first-order valence-corrected chi connectivity index (χ1v) is 21.0. The van der Waals surface area contributed by atoms with Crippen molar-refractivity contribution < 1.29 is 0 Å². The van der Waals surface area contributed by atoms with Crippen molar-refractivity contribution in [2.75, 3.05) is 0 Å². The number of aromatic nitrogens is 9. The monoisotopic (exact) mass is 817 g/mol. The van der Waals surface area contributed by atoms with E-state index in [1.165, 1.54) is 0 Å². The van der Waals surface area contributed by atoms with Crippen molar-refractivity contribution in [3.63, 3.8) is 0 Å². The molecule has 5 heterocycles. The van der Waals surface area contributed by atoms with Gasteiger partial charge in [-0.3, -0.25) is 15.0 Å². The van der Waals surface area contributed by atoms with Gasteiger partial charge in [-0.15, -0.1) is 0 Å². The number of fused-ring (bicyclic) bond motifs is 3. The third-order valence-corrected chi connectivity index (χ3v) is 12.1. The van der Waals surface area contributed by atoms with E-state index in [0.717, 1.165) is 98.4 Å². The van der Waals surface area contributed by atoms with Crippen LogP contribution in [0.3, 0.4) is 0 Å². The van der Waals surface area contributed by atoms with Gasteiger partial charge in [-0.2, -0.15) is 0 Å². The SMILES string of the molecule is c1ccc(-c2nc(-c3cccc4cc5ncccc5cc34)nc(-c3ccc4ccc5c(-c6nc(-c7ccccc7)nc(-c7ccnc8cccnc78)n6)ccc6ccc3c4c65)n2)cc1. The molecule has 13 rings (SSSR count). The summed E-state index contributed by atoms with van der Waals surface area (Å²) in [6.45, 7) is 0. The quantitative estimate of drug-likeness (QED) is 0.119. The number of nitrogens with zero attached hydrogens (tertiary/aromatic N) is 9. The van der Waals surface area contributed by atoms with Crippen molar-refractivity contribution >= 4 is 65.0 Å². The Morgan fingerprint density at radius 1 is 0.266 bits per heavy atom. The normalized spacial score (nSPS) is 11.8. The number of benzene rings is 8. The third kappa shape index (κ3) is 5.83. The zero-order valence-corrected chi connectivity index (χ0v) is 33.9. The molecule has 0 amide bonds. The maximum atomic E-state index is 5.30. The van der Waals surface area contributed by atoms with Crippen molar-refractivity contribution in [2.24, 2.45) is 0 Å². The van der Waals surface area contributed by atoms with Gasteiger partial charge in [0.25, 0.3) is 0 Å². The first-order valence-electron chi connectivity index (χ1n) is 21.0. The second-order valence-electron chi connectivity index (χ2n) is 15.8. The van der Waals surface area contributed by atoms with E-state index >= 15 is 0 Å². The van der Waals surface area contributed by atoms with Crippen LogP contribution in [-0.4, -0.2) is 44.9 Å². The Hall–Kier alpha value is -8.95. The van der Waals surface area contributed by atoms with E-state index in [4.69, 9.17) is 34.9 Å². The Morgan fingerprint density at radius 3 is 1.42 bits per heavy atom. The van der Waals surface area contributed by atoms with E-state index in [1.54, 1.807) is 12.4 Å². The van der Waals surface area contributed by atoms with E-state index < -0.39 is 0 Å². The van der Waals surface area contributed by atoms with Crippen molar-refractivity contribution in [3.05, 3.63) is 188 Å². The molecule has 9 nitrogen and oxygen atoms in total. The third-order valence-electron chi connectivity index (χ3n) is 12.1. The van der Waals surface area contributed by atoms with Crippen molar-refractivity contribution in [1.29, 1.82) is 0 Å². The van der Waals surface area contributed by atoms with Gasteiger partial charge in [0.15, 0.2) is 34.9 Å².